The Morgan fingerprint density at radius 2 is 2.07 bits per heavy atom. The highest BCUT2D eigenvalue weighted by molar-refractivity contribution is 14.0. The van der Waals surface area contributed by atoms with Crippen molar-refractivity contribution in [3.63, 3.8) is 0 Å². The predicted octanol–water partition coefficient (Wildman–Crippen LogP) is 2.90. The summed E-state index contributed by atoms with van der Waals surface area (Å²) < 4.78 is 5.37. The Balaban J connectivity index is 0.00000261. The summed E-state index contributed by atoms with van der Waals surface area (Å²) in [5.41, 5.74) is 6.72. The van der Waals surface area contributed by atoms with Crippen LogP contribution in [0.4, 0.5) is 0 Å². The monoisotopic (exact) mass is 486 g/mol. The first kappa shape index (κ1) is 21.8. The van der Waals surface area contributed by atoms with Crippen LogP contribution >= 0.6 is 24.0 Å². The van der Waals surface area contributed by atoms with Crippen LogP contribution in [0.1, 0.15) is 44.1 Å². The maximum absolute atomic E-state index is 10.9. The van der Waals surface area contributed by atoms with Gasteiger partial charge in [-0.25, -0.2) is 0 Å². The van der Waals surface area contributed by atoms with Gasteiger partial charge in [0.2, 0.25) is 0 Å². The van der Waals surface area contributed by atoms with Crippen molar-refractivity contribution >= 4 is 35.8 Å². The Kier molecular flexibility index (Phi) is 8.19. The summed E-state index contributed by atoms with van der Waals surface area (Å²) in [6, 6.07) is 7.71. The number of primary amides is 1. The number of ether oxygens (including phenoxy) is 1. The Morgan fingerprint density at radius 1 is 1.30 bits per heavy atom. The van der Waals surface area contributed by atoms with Crippen LogP contribution in [-0.2, 0) is 11.3 Å². The number of aliphatic imine (C=N–C) groups is 1. The number of rotatable bonds is 5. The molecule has 2 fully saturated rings. The van der Waals surface area contributed by atoms with Crippen LogP contribution in [-0.4, -0.2) is 43.5 Å². The first-order chi connectivity index (χ1) is 12.6. The average Bonchev–Trinajstić information content (AvgIpc) is 3.04. The molecule has 1 saturated heterocycles. The fourth-order valence-electron chi connectivity index (χ4n) is 4.24. The number of nitrogens with two attached hydrogens (primary N) is 1. The smallest absolute Gasteiger partial charge is 0.255 e. The number of guanidine groups is 1. The summed E-state index contributed by atoms with van der Waals surface area (Å²) in [6.07, 6.45) is 8.14. The number of hydrogen-bond acceptors (Lipinski definition) is 3. The fraction of sp³-hybridized carbons (Fsp3) is 0.600. The minimum atomic E-state index is -0.473. The number of carbonyl (C=O) groups is 1. The number of carbonyl (C=O) groups excluding carboxylic acids is 1. The van der Waals surface area contributed by atoms with E-state index in [9.17, 15) is 4.79 Å². The molecule has 150 valence electrons. The van der Waals surface area contributed by atoms with Gasteiger partial charge in [-0.15, -0.1) is 24.0 Å². The summed E-state index contributed by atoms with van der Waals surface area (Å²) in [7, 11) is 1.85. The van der Waals surface area contributed by atoms with Crippen molar-refractivity contribution < 1.29 is 9.53 Å². The van der Waals surface area contributed by atoms with Crippen LogP contribution in [0.3, 0.4) is 0 Å². The average molecular weight is 486 g/mol. The first-order valence-electron chi connectivity index (χ1n) is 9.56. The molecule has 0 bridgehead atoms. The number of nitrogens with one attached hydrogen (secondary N) is 1. The van der Waals surface area contributed by atoms with E-state index in [0.29, 0.717) is 17.7 Å². The van der Waals surface area contributed by atoms with Crippen LogP contribution in [0.5, 0.6) is 5.75 Å². The van der Waals surface area contributed by atoms with Crippen molar-refractivity contribution in [1.82, 2.24) is 10.2 Å². The molecular weight excluding hydrogens is 455 g/mol. The molecule has 1 aliphatic carbocycles. The number of benzene rings is 1. The highest BCUT2D eigenvalue weighted by Gasteiger charge is 2.39. The Bertz CT molecular complexity index is 659. The second-order valence-electron chi connectivity index (χ2n) is 7.54. The predicted molar refractivity (Wildman–Crippen MR) is 118 cm³/mol. The quantitative estimate of drug-likeness (QED) is 0.381. The molecule has 27 heavy (non-hydrogen) atoms. The Labute approximate surface area is 178 Å². The summed E-state index contributed by atoms with van der Waals surface area (Å²) in [5.74, 6) is 1.15. The van der Waals surface area contributed by atoms with Crippen LogP contribution in [0.25, 0.3) is 0 Å². The lowest BCUT2D eigenvalue weighted by Crippen LogP contribution is -2.41. The zero-order valence-corrected chi connectivity index (χ0v) is 18.4. The van der Waals surface area contributed by atoms with E-state index in [2.05, 4.69) is 15.2 Å². The summed E-state index contributed by atoms with van der Waals surface area (Å²) in [4.78, 5) is 17.7. The van der Waals surface area contributed by atoms with Gasteiger partial charge in [-0.3, -0.25) is 9.79 Å². The van der Waals surface area contributed by atoms with E-state index in [1.54, 1.807) is 0 Å². The lowest BCUT2D eigenvalue weighted by molar-refractivity contribution is -0.119. The molecule has 3 rings (SSSR count). The van der Waals surface area contributed by atoms with Crippen molar-refractivity contribution in [1.29, 1.82) is 0 Å². The number of halogens is 1. The molecule has 1 heterocycles. The highest BCUT2D eigenvalue weighted by Crippen LogP contribution is 2.43. The molecule has 1 saturated carbocycles. The van der Waals surface area contributed by atoms with Gasteiger partial charge < -0.3 is 20.7 Å². The number of amides is 1. The maximum atomic E-state index is 10.9. The lowest BCUT2D eigenvalue weighted by Gasteiger charge is -2.33. The van der Waals surface area contributed by atoms with Gasteiger partial charge in [0.25, 0.3) is 5.91 Å². The molecule has 3 N–H and O–H groups in total. The van der Waals surface area contributed by atoms with Gasteiger partial charge in [-0.1, -0.05) is 31.4 Å². The second kappa shape index (κ2) is 10.1. The zero-order valence-electron chi connectivity index (χ0n) is 16.1. The minimum absolute atomic E-state index is 0. The lowest BCUT2D eigenvalue weighted by atomic mass is 9.73. The molecule has 6 nitrogen and oxygen atoms in total. The molecule has 0 unspecified atom stereocenters. The van der Waals surface area contributed by atoms with Crippen molar-refractivity contribution in [3.05, 3.63) is 29.8 Å². The fourth-order valence-corrected chi connectivity index (χ4v) is 4.24. The molecule has 1 aromatic carbocycles. The largest absolute Gasteiger partial charge is 0.484 e. The van der Waals surface area contributed by atoms with E-state index in [1.807, 2.05) is 31.3 Å². The molecule has 0 aromatic heterocycles. The number of nitrogens with zero attached hydrogens (tertiary/aromatic N) is 2. The molecule has 1 aliphatic heterocycles. The summed E-state index contributed by atoms with van der Waals surface area (Å²) in [6.45, 7) is 2.77. The number of likely N-dealkylation sites (tertiary alicyclic amines) is 1. The van der Waals surface area contributed by atoms with Gasteiger partial charge in [-0.05, 0) is 42.4 Å². The van der Waals surface area contributed by atoms with Crippen molar-refractivity contribution in [2.24, 2.45) is 16.1 Å². The summed E-state index contributed by atoms with van der Waals surface area (Å²) >= 11 is 0. The van der Waals surface area contributed by atoms with Gasteiger partial charge in [0.05, 0.1) is 0 Å². The molecule has 7 heteroatoms. The van der Waals surface area contributed by atoms with Gasteiger partial charge in [-0.2, -0.15) is 0 Å². The Morgan fingerprint density at radius 3 is 2.78 bits per heavy atom. The normalized spacial score (nSPS) is 18.9. The molecule has 0 radical (unpaired) electrons. The highest BCUT2D eigenvalue weighted by atomic mass is 127. The third-order valence-electron chi connectivity index (χ3n) is 5.59. The third-order valence-corrected chi connectivity index (χ3v) is 5.59. The van der Waals surface area contributed by atoms with Crippen LogP contribution in [0.2, 0.25) is 0 Å². The third kappa shape index (κ3) is 5.99. The van der Waals surface area contributed by atoms with E-state index in [-0.39, 0.29) is 30.6 Å². The molecule has 0 atom stereocenters. The second-order valence-corrected chi connectivity index (χ2v) is 7.54. The topological polar surface area (TPSA) is 80.0 Å². The summed E-state index contributed by atoms with van der Waals surface area (Å²) in [5, 5.41) is 3.47. The molecular formula is C20H31IN4O2. The van der Waals surface area contributed by atoms with Gasteiger partial charge >= 0.3 is 0 Å². The minimum Gasteiger partial charge on any atom is -0.484 e. The molecule has 1 aromatic rings. The standard InChI is InChI=1S/C20H30N4O2.HI/c1-22-19(24-11-10-20(15-24)8-3-2-4-9-20)23-13-16-6-5-7-17(12-16)26-14-18(21)25;/h5-7,12H,2-4,8-11,13-15H2,1H3,(H2,21,25)(H,22,23);1H. The SMILES string of the molecule is CN=C(NCc1cccc(OCC(N)=O)c1)N1CCC2(CCCCC2)C1.I. The van der Waals surface area contributed by atoms with E-state index >= 15 is 0 Å². The van der Waals surface area contributed by atoms with Crippen molar-refractivity contribution in [3.8, 4) is 5.75 Å². The molecule has 1 spiro atoms. The van der Waals surface area contributed by atoms with Crippen molar-refractivity contribution in [2.45, 2.75) is 45.1 Å². The maximum Gasteiger partial charge on any atom is 0.255 e. The van der Waals surface area contributed by atoms with E-state index in [1.165, 1.54) is 38.5 Å². The van der Waals surface area contributed by atoms with Gasteiger partial charge in [0.15, 0.2) is 12.6 Å². The molecule has 1 amide bonds. The van der Waals surface area contributed by atoms with E-state index in [4.69, 9.17) is 10.5 Å². The first-order valence-corrected chi connectivity index (χ1v) is 9.56. The Hall–Kier alpha value is -1.51. The van der Waals surface area contributed by atoms with E-state index in [0.717, 1.165) is 24.6 Å². The van der Waals surface area contributed by atoms with Gasteiger partial charge in [0, 0.05) is 26.7 Å². The van der Waals surface area contributed by atoms with Gasteiger partial charge in [0.1, 0.15) is 5.75 Å². The van der Waals surface area contributed by atoms with E-state index < -0.39 is 5.91 Å². The molecule has 2 aliphatic rings. The zero-order chi connectivity index (χ0) is 18.4. The van der Waals surface area contributed by atoms with Crippen molar-refractivity contribution in [2.75, 3.05) is 26.7 Å². The van der Waals surface area contributed by atoms with Crippen LogP contribution in [0.15, 0.2) is 29.3 Å². The van der Waals surface area contributed by atoms with Crippen LogP contribution < -0.4 is 15.8 Å². The van der Waals surface area contributed by atoms with Crippen LogP contribution in [0, 0.1) is 5.41 Å². The number of hydrogen-bond donors (Lipinski definition) is 2.